The highest BCUT2D eigenvalue weighted by Gasteiger charge is 2.23. The van der Waals surface area contributed by atoms with Crippen LogP contribution >= 0.6 is 23.1 Å². The van der Waals surface area contributed by atoms with E-state index in [-0.39, 0.29) is 11.8 Å². The molecule has 1 aromatic heterocycles. The smallest absolute Gasteiger partial charge is 0.251 e. The Hall–Kier alpha value is -2.38. The van der Waals surface area contributed by atoms with Crippen molar-refractivity contribution in [3.8, 4) is 0 Å². The van der Waals surface area contributed by atoms with Gasteiger partial charge in [0.1, 0.15) is 0 Å². The summed E-state index contributed by atoms with van der Waals surface area (Å²) < 4.78 is 2.13. The van der Waals surface area contributed by atoms with Gasteiger partial charge in [0.15, 0.2) is 4.34 Å². The van der Waals surface area contributed by atoms with E-state index in [9.17, 15) is 9.59 Å². The topological polar surface area (TPSA) is 71.1 Å². The fourth-order valence-corrected chi connectivity index (χ4v) is 4.68. The Kier molecular flexibility index (Phi) is 5.40. The number of aromatic nitrogens is 1. The van der Waals surface area contributed by atoms with Crippen LogP contribution in [0.5, 0.6) is 0 Å². The number of thiazole rings is 1. The highest BCUT2D eigenvalue weighted by molar-refractivity contribution is 8.01. The number of carbonyl (C=O) groups is 2. The van der Waals surface area contributed by atoms with Crippen LogP contribution < -0.4 is 10.6 Å². The van der Waals surface area contributed by atoms with Gasteiger partial charge in [0.2, 0.25) is 5.91 Å². The summed E-state index contributed by atoms with van der Waals surface area (Å²) >= 11 is 3.23. The quantitative estimate of drug-likeness (QED) is 0.583. The Balaban J connectivity index is 1.28. The first-order valence-electron chi connectivity index (χ1n) is 8.86. The summed E-state index contributed by atoms with van der Waals surface area (Å²) in [6, 6.07) is 15.4. The van der Waals surface area contributed by atoms with Crippen molar-refractivity contribution in [1.29, 1.82) is 0 Å². The zero-order valence-electron chi connectivity index (χ0n) is 14.6. The molecule has 138 valence electrons. The Morgan fingerprint density at radius 3 is 2.81 bits per heavy atom. The lowest BCUT2D eigenvalue weighted by molar-refractivity contribution is -0.115. The van der Waals surface area contributed by atoms with Crippen LogP contribution in [-0.2, 0) is 4.79 Å². The predicted molar refractivity (Wildman–Crippen MR) is 111 cm³/mol. The summed E-state index contributed by atoms with van der Waals surface area (Å²) in [5.41, 5.74) is 2.22. The maximum atomic E-state index is 12.2. The van der Waals surface area contributed by atoms with E-state index in [4.69, 9.17) is 0 Å². The molecule has 1 saturated carbocycles. The molecule has 2 aromatic carbocycles. The van der Waals surface area contributed by atoms with Gasteiger partial charge in [0.25, 0.3) is 5.91 Å². The van der Waals surface area contributed by atoms with E-state index in [1.165, 1.54) is 0 Å². The maximum Gasteiger partial charge on any atom is 0.251 e. The van der Waals surface area contributed by atoms with Gasteiger partial charge in [-0.15, -0.1) is 11.3 Å². The highest BCUT2D eigenvalue weighted by Crippen LogP contribution is 2.29. The minimum atomic E-state index is -0.0833. The number of amides is 2. The lowest BCUT2D eigenvalue weighted by atomic mass is 10.2. The van der Waals surface area contributed by atoms with Crippen molar-refractivity contribution in [2.75, 3.05) is 11.1 Å². The Bertz CT molecular complexity index is 949. The van der Waals surface area contributed by atoms with Crippen molar-refractivity contribution in [2.24, 2.45) is 0 Å². The molecule has 4 rings (SSSR count). The van der Waals surface area contributed by atoms with E-state index < -0.39 is 0 Å². The number of hydrogen-bond donors (Lipinski definition) is 2. The standard InChI is InChI=1S/C20H19N3O2S2/c24-18(10-11-26-20-23-16-6-1-2-7-17(16)27-20)21-15-5-3-4-13(12-15)19(25)22-14-8-9-14/h1-7,12,14H,8-11H2,(H,21,24)(H,22,25). The van der Waals surface area contributed by atoms with Crippen LogP contribution in [0.15, 0.2) is 52.9 Å². The number of thioether (sulfide) groups is 1. The average molecular weight is 398 g/mol. The number of rotatable bonds is 7. The van der Waals surface area contributed by atoms with Crippen molar-refractivity contribution < 1.29 is 9.59 Å². The van der Waals surface area contributed by atoms with Crippen LogP contribution in [0.4, 0.5) is 5.69 Å². The molecular weight excluding hydrogens is 378 g/mol. The van der Waals surface area contributed by atoms with Crippen LogP contribution in [0, 0.1) is 0 Å². The Labute approximate surface area is 165 Å². The number of hydrogen-bond acceptors (Lipinski definition) is 5. The van der Waals surface area contributed by atoms with Gasteiger partial charge < -0.3 is 10.6 Å². The molecule has 5 nitrogen and oxygen atoms in total. The monoisotopic (exact) mass is 397 g/mol. The molecule has 1 aliphatic carbocycles. The molecule has 7 heteroatoms. The number of carbonyl (C=O) groups excluding carboxylic acids is 2. The summed E-state index contributed by atoms with van der Waals surface area (Å²) in [6.07, 6.45) is 2.49. The zero-order valence-corrected chi connectivity index (χ0v) is 16.2. The summed E-state index contributed by atoms with van der Waals surface area (Å²) in [5, 5.41) is 5.82. The molecule has 0 atom stereocenters. The van der Waals surface area contributed by atoms with E-state index in [0.29, 0.717) is 29.5 Å². The average Bonchev–Trinajstić information content (AvgIpc) is 3.38. The molecule has 2 amide bonds. The second-order valence-electron chi connectivity index (χ2n) is 6.42. The van der Waals surface area contributed by atoms with E-state index in [1.54, 1.807) is 47.4 Å². The summed E-state index contributed by atoms with van der Waals surface area (Å²) in [6.45, 7) is 0. The van der Waals surface area contributed by atoms with Crippen LogP contribution in [0.3, 0.4) is 0 Å². The van der Waals surface area contributed by atoms with Crippen molar-refractivity contribution in [2.45, 2.75) is 29.6 Å². The van der Waals surface area contributed by atoms with Crippen molar-refractivity contribution in [1.82, 2.24) is 10.3 Å². The summed E-state index contributed by atoms with van der Waals surface area (Å²) in [5.74, 6) is 0.511. The minimum absolute atomic E-state index is 0.0663. The van der Waals surface area contributed by atoms with Gasteiger partial charge >= 0.3 is 0 Å². The van der Waals surface area contributed by atoms with Crippen LogP contribution in [0.25, 0.3) is 10.2 Å². The zero-order chi connectivity index (χ0) is 18.6. The summed E-state index contributed by atoms with van der Waals surface area (Å²) in [7, 11) is 0. The van der Waals surface area contributed by atoms with Crippen molar-refractivity contribution >= 4 is 50.8 Å². The van der Waals surface area contributed by atoms with Gasteiger partial charge in [0.05, 0.1) is 10.2 Å². The lowest BCUT2D eigenvalue weighted by Crippen LogP contribution is -2.25. The predicted octanol–water partition coefficient (Wildman–Crippen LogP) is 4.31. The number of benzene rings is 2. The molecule has 1 fully saturated rings. The molecular formula is C20H19N3O2S2. The molecule has 1 aliphatic rings. The minimum Gasteiger partial charge on any atom is -0.349 e. The number of nitrogens with one attached hydrogen (secondary N) is 2. The van der Waals surface area contributed by atoms with Crippen LogP contribution in [0.1, 0.15) is 29.6 Å². The third-order valence-corrected chi connectivity index (χ3v) is 6.33. The molecule has 0 saturated heterocycles. The Morgan fingerprint density at radius 2 is 2.00 bits per heavy atom. The van der Waals surface area contributed by atoms with Crippen LogP contribution in [-0.4, -0.2) is 28.6 Å². The van der Waals surface area contributed by atoms with Gasteiger partial charge in [-0.1, -0.05) is 30.0 Å². The first-order chi connectivity index (χ1) is 13.2. The molecule has 0 unspecified atom stereocenters. The SMILES string of the molecule is O=C(CCSc1nc2ccccc2s1)Nc1cccc(C(=O)NC2CC2)c1. The van der Waals surface area contributed by atoms with E-state index in [0.717, 1.165) is 27.4 Å². The molecule has 0 spiro atoms. The fourth-order valence-electron chi connectivity index (χ4n) is 2.60. The van der Waals surface area contributed by atoms with Gasteiger partial charge in [-0.25, -0.2) is 4.98 Å². The molecule has 3 aromatic rings. The van der Waals surface area contributed by atoms with Crippen molar-refractivity contribution in [3.63, 3.8) is 0 Å². The second kappa shape index (κ2) is 8.10. The number of anilines is 1. The number of nitrogens with zero attached hydrogens (tertiary/aromatic N) is 1. The normalized spacial score (nSPS) is 13.5. The molecule has 2 N–H and O–H groups in total. The first-order valence-corrected chi connectivity index (χ1v) is 10.7. The molecule has 0 radical (unpaired) electrons. The van der Waals surface area contributed by atoms with E-state index >= 15 is 0 Å². The van der Waals surface area contributed by atoms with E-state index in [2.05, 4.69) is 21.7 Å². The molecule has 0 bridgehead atoms. The van der Waals surface area contributed by atoms with Gasteiger partial charge in [-0.2, -0.15) is 0 Å². The first kappa shape index (κ1) is 18.0. The third-order valence-electron chi connectivity index (χ3n) is 4.15. The molecule has 0 aliphatic heterocycles. The lowest BCUT2D eigenvalue weighted by Gasteiger charge is -2.07. The molecule has 27 heavy (non-hydrogen) atoms. The maximum absolute atomic E-state index is 12.2. The van der Waals surface area contributed by atoms with Crippen LogP contribution in [0.2, 0.25) is 0 Å². The fraction of sp³-hybridized carbons (Fsp3) is 0.250. The highest BCUT2D eigenvalue weighted by atomic mass is 32.2. The van der Waals surface area contributed by atoms with E-state index in [1.807, 2.05) is 18.2 Å². The summed E-state index contributed by atoms with van der Waals surface area (Å²) in [4.78, 5) is 28.9. The third kappa shape index (κ3) is 4.87. The van der Waals surface area contributed by atoms with Gasteiger partial charge in [-0.05, 0) is 43.2 Å². The number of fused-ring (bicyclic) bond motifs is 1. The van der Waals surface area contributed by atoms with Gasteiger partial charge in [0, 0.05) is 29.5 Å². The Morgan fingerprint density at radius 1 is 1.15 bits per heavy atom. The number of para-hydroxylation sites is 1. The van der Waals surface area contributed by atoms with Crippen molar-refractivity contribution in [3.05, 3.63) is 54.1 Å². The molecule has 1 heterocycles. The largest absolute Gasteiger partial charge is 0.349 e. The van der Waals surface area contributed by atoms with Gasteiger partial charge in [-0.3, -0.25) is 9.59 Å². The second-order valence-corrected chi connectivity index (χ2v) is 8.80.